The molecule has 1 atom stereocenters. The third kappa shape index (κ3) is 2.20. The maximum atomic E-state index is 10.4. The standard InChI is InChI=1S/C11H13N3O2/c12-8(1-2-11(15)16)7-5-10-9(14-6-7)3-4-13-10/h3-6,8,13H,1-2,12H2,(H,15,16). The quantitative estimate of drug-likeness (QED) is 0.725. The maximum Gasteiger partial charge on any atom is 0.303 e. The van der Waals surface area contributed by atoms with Gasteiger partial charge >= 0.3 is 5.97 Å². The fourth-order valence-corrected chi connectivity index (χ4v) is 1.60. The van der Waals surface area contributed by atoms with Gasteiger partial charge in [0.25, 0.3) is 0 Å². The normalized spacial score (nSPS) is 12.8. The van der Waals surface area contributed by atoms with E-state index in [0.29, 0.717) is 6.42 Å². The molecule has 1 unspecified atom stereocenters. The van der Waals surface area contributed by atoms with Gasteiger partial charge in [-0.3, -0.25) is 9.78 Å². The van der Waals surface area contributed by atoms with Crippen LogP contribution in [0.15, 0.2) is 24.5 Å². The Labute approximate surface area is 92.3 Å². The first kappa shape index (κ1) is 10.6. The van der Waals surface area contributed by atoms with E-state index < -0.39 is 5.97 Å². The molecule has 0 saturated carbocycles. The molecule has 2 aromatic rings. The van der Waals surface area contributed by atoms with Crippen LogP contribution in [0.1, 0.15) is 24.4 Å². The highest BCUT2D eigenvalue weighted by Crippen LogP contribution is 2.18. The van der Waals surface area contributed by atoms with Crippen molar-refractivity contribution >= 4 is 17.0 Å². The van der Waals surface area contributed by atoms with Crippen molar-refractivity contribution in [1.82, 2.24) is 9.97 Å². The summed E-state index contributed by atoms with van der Waals surface area (Å²) in [6.07, 6.45) is 4.00. The second-order valence-electron chi connectivity index (χ2n) is 3.72. The van der Waals surface area contributed by atoms with E-state index >= 15 is 0 Å². The van der Waals surface area contributed by atoms with Crippen LogP contribution in [0.25, 0.3) is 11.0 Å². The molecule has 0 spiro atoms. The Morgan fingerprint density at radius 3 is 3.19 bits per heavy atom. The fourth-order valence-electron chi connectivity index (χ4n) is 1.60. The highest BCUT2D eigenvalue weighted by atomic mass is 16.4. The number of nitrogens with one attached hydrogen (secondary N) is 1. The van der Waals surface area contributed by atoms with E-state index in [2.05, 4.69) is 9.97 Å². The summed E-state index contributed by atoms with van der Waals surface area (Å²) in [7, 11) is 0. The Morgan fingerprint density at radius 2 is 2.44 bits per heavy atom. The number of nitrogens with two attached hydrogens (primary N) is 1. The van der Waals surface area contributed by atoms with Crippen LogP contribution in [0.2, 0.25) is 0 Å². The predicted molar refractivity (Wildman–Crippen MR) is 59.9 cm³/mol. The van der Waals surface area contributed by atoms with Gasteiger partial charge in [0, 0.05) is 24.9 Å². The summed E-state index contributed by atoms with van der Waals surface area (Å²) in [4.78, 5) is 17.7. The van der Waals surface area contributed by atoms with Crippen LogP contribution in [-0.2, 0) is 4.79 Å². The molecule has 0 amide bonds. The Balaban J connectivity index is 2.15. The number of hydrogen-bond acceptors (Lipinski definition) is 3. The minimum atomic E-state index is -0.829. The summed E-state index contributed by atoms with van der Waals surface area (Å²) in [5.41, 5.74) is 8.55. The molecule has 84 valence electrons. The molecule has 16 heavy (non-hydrogen) atoms. The number of carboxylic acid groups (broad SMARTS) is 1. The minimum Gasteiger partial charge on any atom is -0.481 e. The molecule has 0 fully saturated rings. The summed E-state index contributed by atoms with van der Waals surface area (Å²) in [6.45, 7) is 0. The summed E-state index contributed by atoms with van der Waals surface area (Å²) >= 11 is 0. The van der Waals surface area contributed by atoms with Crippen molar-refractivity contribution in [3.05, 3.63) is 30.1 Å². The number of aliphatic carboxylic acids is 1. The van der Waals surface area contributed by atoms with Gasteiger partial charge in [0.2, 0.25) is 0 Å². The van der Waals surface area contributed by atoms with Gasteiger partial charge in [-0.2, -0.15) is 0 Å². The Kier molecular flexibility index (Phi) is 2.87. The van der Waals surface area contributed by atoms with Crippen molar-refractivity contribution in [2.24, 2.45) is 5.73 Å². The molecule has 0 saturated heterocycles. The molecule has 5 nitrogen and oxygen atoms in total. The lowest BCUT2D eigenvalue weighted by Crippen LogP contribution is -2.12. The zero-order valence-corrected chi connectivity index (χ0v) is 8.68. The van der Waals surface area contributed by atoms with Crippen LogP contribution < -0.4 is 5.73 Å². The van der Waals surface area contributed by atoms with Crippen LogP contribution in [0, 0.1) is 0 Å². The van der Waals surface area contributed by atoms with E-state index in [4.69, 9.17) is 10.8 Å². The second kappa shape index (κ2) is 4.32. The number of nitrogens with zero attached hydrogens (tertiary/aromatic N) is 1. The van der Waals surface area contributed by atoms with Crippen molar-refractivity contribution in [1.29, 1.82) is 0 Å². The Bertz CT molecular complexity index is 507. The van der Waals surface area contributed by atoms with E-state index in [1.165, 1.54) is 0 Å². The monoisotopic (exact) mass is 219 g/mol. The lowest BCUT2D eigenvalue weighted by Gasteiger charge is -2.09. The van der Waals surface area contributed by atoms with Gasteiger partial charge in [-0.05, 0) is 24.1 Å². The first-order valence-electron chi connectivity index (χ1n) is 5.07. The molecular formula is C11H13N3O2. The van der Waals surface area contributed by atoms with E-state index in [9.17, 15) is 4.79 Å². The Morgan fingerprint density at radius 1 is 1.62 bits per heavy atom. The third-order valence-corrected chi connectivity index (χ3v) is 2.52. The largest absolute Gasteiger partial charge is 0.481 e. The molecule has 0 radical (unpaired) electrons. The number of carbonyl (C=O) groups is 1. The topological polar surface area (TPSA) is 92.0 Å². The van der Waals surface area contributed by atoms with E-state index in [1.807, 2.05) is 18.3 Å². The smallest absolute Gasteiger partial charge is 0.303 e. The number of rotatable bonds is 4. The minimum absolute atomic E-state index is 0.0733. The number of fused-ring (bicyclic) bond motifs is 1. The van der Waals surface area contributed by atoms with Crippen molar-refractivity contribution < 1.29 is 9.90 Å². The molecule has 0 aliphatic heterocycles. The molecule has 0 bridgehead atoms. The number of aromatic amines is 1. The number of hydrogen-bond donors (Lipinski definition) is 3. The summed E-state index contributed by atoms with van der Waals surface area (Å²) < 4.78 is 0. The molecule has 5 heteroatoms. The molecule has 0 aliphatic rings. The third-order valence-electron chi connectivity index (χ3n) is 2.52. The number of carboxylic acids is 1. The average Bonchev–Trinajstić information content (AvgIpc) is 2.72. The zero-order valence-electron chi connectivity index (χ0n) is 8.68. The number of pyridine rings is 1. The van der Waals surface area contributed by atoms with Gasteiger partial charge < -0.3 is 15.8 Å². The molecule has 2 heterocycles. The summed E-state index contributed by atoms with van der Waals surface area (Å²) in [5, 5.41) is 8.57. The van der Waals surface area contributed by atoms with E-state index in [0.717, 1.165) is 16.6 Å². The van der Waals surface area contributed by atoms with Gasteiger partial charge in [0.1, 0.15) is 0 Å². The summed E-state index contributed by atoms with van der Waals surface area (Å²) in [5.74, 6) is -0.829. The summed E-state index contributed by atoms with van der Waals surface area (Å²) in [6, 6.07) is 3.51. The van der Waals surface area contributed by atoms with Crippen LogP contribution in [-0.4, -0.2) is 21.0 Å². The lowest BCUT2D eigenvalue weighted by molar-refractivity contribution is -0.137. The van der Waals surface area contributed by atoms with Gasteiger partial charge in [0.15, 0.2) is 0 Å². The lowest BCUT2D eigenvalue weighted by atomic mass is 10.0. The highest BCUT2D eigenvalue weighted by molar-refractivity contribution is 5.75. The van der Waals surface area contributed by atoms with E-state index in [-0.39, 0.29) is 12.5 Å². The average molecular weight is 219 g/mol. The first-order chi connectivity index (χ1) is 7.66. The van der Waals surface area contributed by atoms with E-state index in [1.54, 1.807) is 6.20 Å². The Hall–Kier alpha value is -1.88. The zero-order chi connectivity index (χ0) is 11.5. The number of aromatic nitrogens is 2. The fraction of sp³-hybridized carbons (Fsp3) is 0.273. The molecule has 4 N–H and O–H groups in total. The first-order valence-corrected chi connectivity index (χ1v) is 5.07. The van der Waals surface area contributed by atoms with Gasteiger partial charge in [-0.25, -0.2) is 0 Å². The second-order valence-corrected chi connectivity index (χ2v) is 3.72. The number of H-pyrrole nitrogens is 1. The predicted octanol–water partition coefficient (Wildman–Crippen LogP) is 1.43. The van der Waals surface area contributed by atoms with Crippen molar-refractivity contribution in [2.75, 3.05) is 0 Å². The van der Waals surface area contributed by atoms with Crippen LogP contribution in [0.4, 0.5) is 0 Å². The molecule has 2 aromatic heterocycles. The molecule has 0 aliphatic carbocycles. The van der Waals surface area contributed by atoms with Gasteiger partial charge in [-0.1, -0.05) is 0 Å². The SMILES string of the molecule is NC(CCC(=O)O)c1cnc2cc[nH]c2c1. The molecule has 2 rings (SSSR count). The van der Waals surface area contributed by atoms with Crippen LogP contribution in [0.3, 0.4) is 0 Å². The van der Waals surface area contributed by atoms with Crippen molar-refractivity contribution in [3.63, 3.8) is 0 Å². The highest BCUT2D eigenvalue weighted by Gasteiger charge is 2.09. The van der Waals surface area contributed by atoms with Crippen LogP contribution in [0.5, 0.6) is 0 Å². The maximum absolute atomic E-state index is 10.4. The van der Waals surface area contributed by atoms with Gasteiger partial charge in [-0.15, -0.1) is 0 Å². The van der Waals surface area contributed by atoms with Crippen molar-refractivity contribution in [2.45, 2.75) is 18.9 Å². The molecule has 0 aromatic carbocycles. The van der Waals surface area contributed by atoms with Crippen molar-refractivity contribution in [3.8, 4) is 0 Å². The van der Waals surface area contributed by atoms with Crippen LogP contribution >= 0.6 is 0 Å². The van der Waals surface area contributed by atoms with Gasteiger partial charge in [0.05, 0.1) is 11.0 Å². The molecular weight excluding hydrogens is 206 g/mol.